The van der Waals surface area contributed by atoms with Gasteiger partial charge in [0.05, 0.1) is 5.69 Å². The zero-order valence-corrected chi connectivity index (χ0v) is 13.4. The zero-order valence-electron chi connectivity index (χ0n) is 9.71. The molecule has 0 bridgehead atoms. The Balaban J connectivity index is 2.25. The Kier molecular flexibility index (Phi) is 4.40. The summed E-state index contributed by atoms with van der Waals surface area (Å²) in [5.74, 6) is -0.0940. The van der Waals surface area contributed by atoms with Crippen molar-refractivity contribution in [3.05, 3.63) is 61.6 Å². The van der Waals surface area contributed by atoms with E-state index < -0.39 is 0 Å². The summed E-state index contributed by atoms with van der Waals surface area (Å²) in [6.07, 6.45) is 0. The first kappa shape index (κ1) is 13.5. The molecular formula is C14H11BrINO. The van der Waals surface area contributed by atoms with E-state index in [1.165, 1.54) is 0 Å². The van der Waals surface area contributed by atoms with Crippen LogP contribution in [0.5, 0.6) is 0 Å². The Hall–Kier alpha value is -0.880. The van der Waals surface area contributed by atoms with Gasteiger partial charge in [0.25, 0.3) is 5.91 Å². The maximum Gasteiger partial charge on any atom is 0.255 e. The quantitative estimate of drug-likeness (QED) is 0.712. The molecular weight excluding hydrogens is 405 g/mol. The number of halogens is 2. The minimum absolute atomic E-state index is 0.0940. The van der Waals surface area contributed by atoms with Gasteiger partial charge in [0.15, 0.2) is 0 Å². The number of hydrogen-bond acceptors (Lipinski definition) is 1. The molecule has 1 amide bonds. The Morgan fingerprint density at radius 1 is 1.22 bits per heavy atom. The summed E-state index contributed by atoms with van der Waals surface area (Å²) in [7, 11) is 0. The number of para-hydroxylation sites is 1. The summed E-state index contributed by atoms with van der Waals surface area (Å²) in [6, 6.07) is 13.4. The lowest BCUT2D eigenvalue weighted by Crippen LogP contribution is -2.12. The summed E-state index contributed by atoms with van der Waals surface area (Å²) in [5, 5.41) is 2.91. The fraction of sp³-hybridized carbons (Fsp3) is 0.0714. The third-order valence-corrected chi connectivity index (χ3v) is 3.82. The number of hydrogen-bond donors (Lipinski definition) is 1. The lowest BCUT2D eigenvalue weighted by molar-refractivity contribution is 0.102. The molecule has 0 aliphatic rings. The second-order valence-corrected chi connectivity index (χ2v) is 6.03. The van der Waals surface area contributed by atoms with E-state index >= 15 is 0 Å². The smallest absolute Gasteiger partial charge is 0.255 e. The van der Waals surface area contributed by atoms with Crippen LogP contribution < -0.4 is 5.32 Å². The van der Waals surface area contributed by atoms with Crippen LogP contribution in [-0.2, 0) is 0 Å². The monoisotopic (exact) mass is 415 g/mol. The average molecular weight is 416 g/mol. The predicted molar refractivity (Wildman–Crippen MR) is 86.0 cm³/mol. The molecule has 0 saturated heterocycles. The minimum Gasteiger partial charge on any atom is -0.321 e. The molecule has 18 heavy (non-hydrogen) atoms. The number of amides is 1. The standard InChI is InChI=1S/C14H11BrINO/c1-9-6-10(8-11(15)7-9)14(18)17-13-5-3-2-4-12(13)16/h2-8H,1H3,(H,17,18). The fourth-order valence-corrected chi connectivity index (χ4v) is 2.75. The number of nitrogens with one attached hydrogen (secondary N) is 1. The Bertz CT molecular complexity index is 578. The molecule has 2 aromatic rings. The maximum absolute atomic E-state index is 12.1. The van der Waals surface area contributed by atoms with Crippen LogP contribution in [0.25, 0.3) is 0 Å². The molecule has 0 aliphatic carbocycles. The summed E-state index contributed by atoms with van der Waals surface area (Å²) in [6.45, 7) is 1.97. The number of anilines is 1. The van der Waals surface area contributed by atoms with Crippen LogP contribution in [0.15, 0.2) is 46.9 Å². The normalized spacial score (nSPS) is 10.2. The van der Waals surface area contributed by atoms with Gasteiger partial charge in [-0.2, -0.15) is 0 Å². The van der Waals surface area contributed by atoms with E-state index in [1.54, 1.807) is 0 Å². The van der Waals surface area contributed by atoms with Crippen LogP contribution in [-0.4, -0.2) is 5.91 Å². The van der Waals surface area contributed by atoms with Crippen molar-refractivity contribution in [2.45, 2.75) is 6.92 Å². The first-order valence-electron chi connectivity index (χ1n) is 5.39. The highest BCUT2D eigenvalue weighted by Gasteiger charge is 2.08. The lowest BCUT2D eigenvalue weighted by Gasteiger charge is -2.08. The van der Waals surface area contributed by atoms with E-state index in [0.717, 1.165) is 19.3 Å². The van der Waals surface area contributed by atoms with Crippen LogP contribution in [0.3, 0.4) is 0 Å². The molecule has 0 radical (unpaired) electrons. The maximum atomic E-state index is 12.1. The number of carbonyl (C=O) groups is 1. The highest BCUT2D eigenvalue weighted by atomic mass is 127. The first-order chi connectivity index (χ1) is 8.56. The highest BCUT2D eigenvalue weighted by Crippen LogP contribution is 2.20. The van der Waals surface area contributed by atoms with Gasteiger partial charge in [0.2, 0.25) is 0 Å². The lowest BCUT2D eigenvalue weighted by atomic mass is 10.1. The van der Waals surface area contributed by atoms with Crippen LogP contribution in [0.4, 0.5) is 5.69 Å². The zero-order chi connectivity index (χ0) is 13.1. The summed E-state index contributed by atoms with van der Waals surface area (Å²) < 4.78 is 1.94. The molecule has 2 aromatic carbocycles. The van der Waals surface area contributed by atoms with Crippen LogP contribution >= 0.6 is 38.5 Å². The van der Waals surface area contributed by atoms with Crippen LogP contribution in [0, 0.1) is 10.5 Å². The molecule has 0 fully saturated rings. The number of carbonyl (C=O) groups excluding carboxylic acids is 1. The largest absolute Gasteiger partial charge is 0.321 e. The van der Waals surface area contributed by atoms with E-state index in [2.05, 4.69) is 43.8 Å². The van der Waals surface area contributed by atoms with Crippen molar-refractivity contribution in [3.8, 4) is 0 Å². The van der Waals surface area contributed by atoms with E-state index in [9.17, 15) is 4.79 Å². The van der Waals surface area contributed by atoms with Crippen molar-refractivity contribution in [1.29, 1.82) is 0 Å². The van der Waals surface area contributed by atoms with Gasteiger partial charge in [-0.25, -0.2) is 0 Å². The minimum atomic E-state index is -0.0940. The summed E-state index contributed by atoms with van der Waals surface area (Å²) in [4.78, 5) is 12.1. The second-order valence-electron chi connectivity index (χ2n) is 3.95. The summed E-state index contributed by atoms with van der Waals surface area (Å²) >= 11 is 5.60. The van der Waals surface area contributed by atoms with Gasteiger partial charge in [-0.1, -0.05) is 28.1 Å². The Morgan fingerprint density at radius 3 is 2.61 bits per heavy atom. The predicted octanol–water partition coefficient (Wildman–Crippen LogP) is 4.61. The van der Waals surface area contributed by atoms with Gasteiger partial charge < -0.3 is 5.32 Å². The number of rotatable bonds is 2. The molecule has 0 spiro atoms. The molecule has 2 rings (SSSR count). The first-order valence-corrected chi connectivity index (χ1v) is 7.26. The SMILES string of the molecule is Cc1cc(Br)cc(C(=O)Nc2ccccc2I)c1. The van der Waals surface area contributed by atoms with Crippen molar-refractivity contribution < 1.29 is 4.79 Å². The molecule has 0 heterocycles. The topological polar surface area (TPSA) is 29.1 Å². The van der Waals surface area contributed by atoms with Crippen LogP contribution in [0.2, 0.25) is 0 Å². The Morgan fingerprint density at radius 2 is 1.94 bits per heavy atom. The molecule has 0 atom stereocenters. The van der Waals surface area contributed by atoms with Gasteiger partial charge in [0, 0.05) is 13.6 Å². The third kappa shape index (κ3) is 3.32. The summed E-state index contributed by atoms with van der Waals surface area (Å²) in [5.41, 5.74) is 2.54. The number of aryl methyl sites for hydroxylation is 1. The highest BCUT2D eigenvalue weighted by molar-refractivity contribution is 14.1. The van der Waals surface area contributed by atoms with E-state index in [-0.39, 0.29) is 5.91 Å². The molecule has 1 N–H and O–H groups in total. The van der Waals surface area contributed by atoms with Gasteiger partial charge >= 0.3 is 0 Å². The van der Waals surface area contributed by atoms with Crippen molar-refractivity contribution in [2.24, 2.45) is 0 Å². The van der Waals surface area contributed by atoms with Gasteiger partial charge in [0.1, 0.15) is 0 Å². The van der Waals surface area contributed by atoms with Crippen molar-refractivity contribution in [2.75, 3.05) is 5.32 Å². The van der Waals surface area contributed by atoms with Crippen molar-refractivity contribution in [1.82, 2.24) is 0 Å². The molecule has 2 nitrogen and oxygen atoms in total. The second kappa shape index (κ2) is 5.84. The molecule has 0 aliphatic heterocycles. The fourth-order valence-electron chi connectivity index (χ4n) is 1.62. The Labute approximate surface area is 128 Å². The molecule has 0 aromatic heterocycles. The van der Waals surface area contributed by atoms with Crippen molar-refractivity contribution >= 4 is 50.1 Å². The van der Waals surface area contributed by atoms with Crippen LogP contribution in [0.1, 0.15) is 15.9 Å². The van der Waals surface area contributed by atoms with Gasteiger partial charge in [-0.3, -0.25) is 4.79 Å². The molecule has 0 saturated carbocycles. The average Bonchev–Trinajstić information content (AvgIpc) is 2.31. The number of benzene rings is 2. The molecule has 0 unspecified atom stereocenters. The van der Waals surface area contributed by atoms with E-state index in [0.29, 0.717) is 5.56 Å². The third-order valence-electron chi connectivity index (χ3n) is 2.43. The van der Waals surface area contributed by atoms with Gasteiger partial charge in [-0.05, 0) is 65.4 Å². The van der Waals surface area contributed by atoms with Crippen molar-refractivity contribution in [3.63, 3.8) is 0 Å². The van der Waals surface area contributed by atoms with E-state index in [1.807, 2.05) is 49.4 Å². The molecule has 4 heteroatoms. The molecule has 92 valence electrons. The van der Waals surface area contributed by atoms with E-state index in [4.69, 9.17) is 0 Å². The van der Waals surface area contributed by atoms with Gasteiger partial charge in [-0.15, -0.1) is 0 Å².